The van der Waals surface area contributed by atoms with Crippen molar-refractivity contribution in [2.75, 3.05) is 59.6 Å². The van der Waals surface area contributed by atoms with E-state index in [4.69, 9.17) is 33.7 Å². The number of benzene rings is 4. The zero-order valence-electron chi connectivity index (χ0n) is 35.0. The molecule has 7 aromatic rings. The van der Waals surface area contributed by atoms with E-state index < -0.39 is 0 Å². The van der Waals surface area contributed by atoms with E-state index in [9.17, 15) is 0 Å². The van der Waals surface area contributed by atoms with Crippen LogP contribution in [0, 0.1) is 0 Å². The normalized spacial score (nSPS) is 13.3. The molecule has 0 atom stereocenters. The summed E-state index contributed by atoms with van der Waals surface area (Å²) >= 11 is 0. The summed E-state index contributed by atoms with van der Waals surface area (Å²) in [5.41, 5.74) is 15.4. The Morgan fingerprint density at radius 2 is 0.839 bits per heavy atom. The van der Waals surface area contributed by atoms with Crippen LogP contribution in [-0.4, -0.2) is 74.7 Å². The second-order valence-corrected chi connectivity index (χ2v) is 15.2. The van der Waals surface area contributed by atoms with Gasteiger partial charge in [-0.15, -0.1) is 0 Å². The number of anilines is 1. The van der Waals surface area contributed by atoms with Crippen LogP contribution >= 0.6 is 0 Å². The molecule has 1 saturated heterocycles. The van der Waals surface area contributed by atoms with Crippen LogP contribution in [0.25, 0.3) is 90.9 Å². The number of hydrogen-bond donors (Lipinski definition) is 2. The maximum atomic E-state index is 5.89. The molecule has 4 aromatic carbocycles. The van der Waals surface area contributed by atoms with Gasteiger partial charge in [0, 0.05) is 46.4 Å². The molecular formula is C52H45N5O5. The number of nitrogens with one attached hydrogen (secondary N) is 2. The fraction of sp³-hybridized carbons (Fsp3) is 0.154. The summed E-state index contributed by atoms with van der Waals surface area (Å²) in [5.74, 6) is 2.99. The SMILES string of the molecule is COc1cccc(-c2c3nc(c(-c4cccc(OC)c4)c4cc(N5CCOCC5)c([nH]4)c(-c4cccc(OC)c4)c4nc(c(-c5cccc(OC)c5)c5ccc2[nH]5)C=C4)C=C3)c1. The molecule has 8 bridgehead atoms. The van der Waals surface area contributed by atoms with Gasteiger partial charge in [-0.05, 0) is 113 Å². The third kappa shape index (κ3) is 7.14. The Hall–Kier alpha value is -7.56. The fourth-order valence-corrected chi connectivity index (χ4v) is 8.65. The Labute approximate surface area is 359 Å². The van der Waals surface area contributed by atoms with Gasteiger partial charge in [0.1, 0.15) is 23.0 Å². The zero-order chi connectivity index (χ0) is 42.2. The lowest BCUT2D eigenvalue weighted by Crippen LogP contribution is -2.36. The molecule has 0 unspecified atom stereocenters. The molecule has 2 N–H and O–H groups in total. The van der Waals surface area contributed by atoms with E-state index in [1.165, 1.54) is 0 Å². The van der Waals surface area contributed by atoms with Crippen molar-refractivity contribution in [3.63, 3.8) is 0 Å². The minimum absolute atomic E-state index is 0.618. The van der Waals surface area contributed by atoms with Gasteiger partial charge < -0.3 is 38.6 Å². The number of aromatic nitrogens is 4. The lowest BCUT2D eigenvalue weighted by molar-refractivity contribution is 0.123. The molecule has 0 spiro atoms. The number of fused-ring (bicyclic) bond motifs is 8. The highest BCUT2D eigenvalue weighted by Gasteiger charge is 2.24. The molecule has 308 valence electrons. The Morgan fingerprint density at radius 1 is 0.452 bits per heavy atom. The average molecular weight is 820 g/mol. The van der Waals surface area contributed by atoms with Crippen molar-refractivity contribution in [1.82, 2.24) is 19.9 Å². The molecule has 10 heteroatoms. The monoisotopic (exact) mass is 819 g/mol. The number of hydrogen-bond acceptors (Lipinski definition) is 8. The van der Waals surface area contributed by atoms with Crippen molar-refractivity contribution in [3.8, 4) is 67.5 Å². The van der Waals surface area contributed by atoms with E-state index in [1.807, 2.05) is 48.5 Å². The van der Waals surface area contributed by atoms with E-state index in [2.05, 4.69) is 106 Å². The largest absolute Gasteiger partial charge is 0.497 e. The highest BCUT2D eigenvalue weighted by Crippen LogP contribution is 2.43. The van der Waals surface area contributed by atoms with Crippen LogP contribution in [0.2, 0.25) is 0 Å². The van der Waals surface area contributed by atoms with E-state index in [0.29, 0.717) is 13.2 Å². The smallest absolute Gasteiger partial charge is 0.119 e. The molecule has 3 aromatic heterocycles. The molecule has 62 heavy (non-hydrogen) atoms. The minimum atomic E-state index is 0.618. The van der Waals surface area contributed by atoms with Crippen LogP contribution in [0.1, 0.15) is 22.8 Å². The first-order chi connectivity index (χ1) is 30.5. The van der Waals surface area contributed by atoms with Crippen LogP contribution < -0.4 is 23.8 Å². The first-order valence-electron chi connectivity index (χ1n) is 20.6. The molecule has 6 heterocycles. The molecule has 3 aliphatic rings. The summed E-state index contributed by atoms with van der Waals surface area (Å²) < 4.78 is 29.0. The molecule has 0 amide bonds. The minimum Gasteiger partial charge on any atom is -0.497 e. The van der Waals surface area contributed by atoms with Gasteiger partial charge in [0.25, 0.3) is 0 Å². The van der Waals surface area contributed by atoms with Crippen molar-refractivity contribution < 1.29 is 23.7 Å². The molecular weight excluding hydrogens is 775 g/mol. The second-order valence-electron chi connectivity index (χ2n) is 15.2. The van der Waals surface area contributed by atoms with Gasteiger partial charge in [-0.1, -0.05) is 48.5 Å². The van der Waals surface area contributed by atoms with Crippen LogP contribution in [0.5, 0.6) is 23.0 Å². The maximum absolute atomic E-state index is 5.89. The standard InChI is InChI=1S/C52H45N5O5/c1-58-36-13-5-9-32(27-36)48-40-17-18-41(53-40)49(33-10-6-14-37(28-33)59-2)43-21-22-45(55-43)51(35-12-8-16-39(30-35)61-4)52-47(57-23-25-62-26-24-57)31-46(56-52)50(44-20-19-42(48)54-44)34-11-7-15-38(29-34)60-3/h5-22,27-31,53,56H,23-26H2,1-4H3. The van der Waals surface area contributed by atoms with E-state index >= 15 is 0 Å². The predicted molar refractivity (Wildman–Crippen MR) is 250 cm³/mol. The number of H-pyrrole nitrogens is 2. The quantitative estimate of drug-likeness (QED) is 0.148. The van der Waals surface area contributed by atoms with Crippen LogP contribution in [0.4, 0.5) is 5.69 Å². The van der Waals surface area contributed by atoms with Gasteiger partial charge in [0.15, 0.2) is 0 Å². The summed E-state index contributed by atoms with van der Waals surface area (Å²) in [5, 5.41) is 0. The van der Waals surface area contributed by atoms with Gasteiger partial charge >= 0.3 is 0 Å². The number of morpholine rings is 1. The lowest BCUT2D eigenvalue weighted by atomic mass is 10.0. The number of rotatable bonds is 9. The van der Waals surface area contributed by atoms with Gasteiger partial charge in [-0.3, -0.25) is 0 Å². The highest BCUT2D eigenvalue weighted by molar-refractivity contribution is 6.03. The number of ether oxygens (including phenoxy) is 5. The van der Waals surface area contributed by atoms with Crippen LogP contribution in [-0.2, 0) is 4.74 Å². The number of methoxy groups -OCH3 is 4. The summed E-state index contributed by atoms with van der Waals surface area (Å²) in [6.07, 6.45) is 8.42. The van der Waals surface area contributed by atoms with Crippen molar-refractivity contribution in [3.05, 3.63) is 138 Å². The highest BCUT2D eigenvalue weighted by atomic mass is 16.5. The van der Waals surface area contributed by atoms with E-state index in [-0.39, 0.29) is 0 Å². The Kier molecular flexibility index (Phi) is 10.3. The van der Waals surface area contributed by atoms with Crippen molar-refractivity contribution in [2.45, 2.75) is 0 Å². The molecule has 10 rings (SSSR count). The summed E-state index contributed by atoms with van der Waals surface area (Å²) in [6.45, 7) is 2.69. The van der Waals surface area contributed by atoms with E-state index in [0.717, 1.165) is 131 Å². The Bertz CT molecular complexity index is 3080. The first-order valence-corrected chi connectivity index (χ1v) is 20.6. The van der Waals surface area contributed by atoms with Crippen molar-refractivity contribution in [1.29, 1.82) is 0 Å². The summed E-state index contributed by atoms with van der Waals surface area (Å²) in [6, 6.07) is 39.0. The molecule has 1 fully saturated rings. The zero-order valence-corrected chi connectivity index (χ0v) is 35.0. The van der Waals surface area contributed by atoms with Gasteiger partial charge in [-0.25, -0.2) is 9.97 Å². The Morgan fingerprint density at radius 3 is 1.26 bits per heavy atom. The maximum Gasteiger partial charge on any atom is 0.119 e. The van der Waals surface area contributed by atoms with E-state index in [1.54, 1.807) is 28.4 Å². The third-order valence-corrected chi connectivity index (χ3v) is 11.6. The van der Waals surface area contributed by atoms with Gasteiger partial charge in [0.05, 0.1) is 81.1 Å². The van der Waals surface area contributed by atoms with Gasteiger partial charge in [0.2, 0.25) is 0 Å². The van der Waals surface area contributed by atoms with Crippen LogP contribution in [0.3, 0.4) is 0 Å². The molecule has 0 radical (unpaired) electrons. The third-order valence-electron chi connectivity index (χ3n) is 11.6. The van der Waals surface area contributed by atoms with Crippen molar-refractivity contribution in [2.24, 2.45) is 0 Å². The predicted octanol–water partition coefficient (Wildman–Crippen LogP) is 11.2. The molecule has 0 saturated carbocycles. The fourth-order valence-electron chi connectivity index (χ4n) is 8.65. The number of aromatic amines is 2. The second kappa shape index (κ2) is 16.5. The lowest BCUT2D eigenvalue weighted by Gasteiger charge is -2.28. The van der Waals surface area contributed by atoms with Gasteiger partial charge in [-0.2, -0.15) is 0 Å². The first kappa shape index (κ1) is 38.6. The summed E-state index contributed by atoms with van der Waals surface area (Å²) in [7, 11) is 6.76. The topological polar surface area (TPSA) is 107 Å². The average Bonchev–Trinajstić information content (AvgIpc) is 4.17. The molecule has 10 nitrogen and oxygen atoms in total. The number of nitrogens with zero attached hydrogens (tertiary/aromatic N) is 3. The Balaban J connectivity index is 1.42. The molecule has 3 aliphatic heterocycles. The van der Waals surface area contributed by atoms with Crippen LogP contribution in [0.15, 0.2) is 115 Å². The van der Waals surface area contributed by atoms with Crippen molar-refractivity contribution >= 4 is 52.1 Å². The molecule has 0 aliphatic carbocycles. The summed E-state index contributed by atoms with van der Waals surface area (Å²) in [4.78, 5) is 21.2.